The quantitative estimate of drug-likeness (QED) is 0.473. The third kappa shape index (κ3) is 2.86. The van der Waals surface area contributed by atoms with Gasteiger partial charge in [-0.15, -0.1) is 0 Å². The van der Waals surface area contributed by atoms with Gasteiger partial charge in [-0.1, -0.05) is 12.1 Å². The van der Waals surface area contributed by atoms with Gasteiger partial charge in [0.25, 0.3) is 0 Å². The van der Waals surface area contributed by atoms with E-state index in [1.165, 1.54) is 0 Å². The number of ether oxygens (including phenoxy) is 1. The van der Waals surface area contributed by atoms with E-state index in [9.17, 15) is 9.59 Å². The van der Waals surface area contributed by atoms with Crippen molar-refractivity contribution in [3.05, 3.63) is 24.3 Å². The predicted molar refractivity (Wildman–Crippen MR) is 79.8 cm³/mol. The van der Waals surface area contributed by atoms with Crippen LogP contribution in [0.3, 0.4) is 0 Å². The number of carbonyl (C=O) groups excluding carboxylic acids is 2. The third-order valence-electron chi connectivity index (χ3n) is 3.37. The third-order valence-corrected chi connectivity index (χ3v) is 3.37. The normalized spacial score (nSPS) is 21.4. The van der Waals surface area contributed by atoms with E-state index in [0.717, 1.165) is 11.0 Å². The average molecular weight is 303 g/mol. The van der Waals surface area contributed by atoms with E-state index in [1.54, 1.807) is 6.92 Å². The molecule has 1 aliphatic heterocycles. The number of H-pyrrole nitrogens is 1. The Labute approximate surface area is 126 Å². The van der Waals surface area contributed by atoms with Crippen LogP contribution < -0.4 is 16.0 Å². The summed E-state index contributed by atoms with van der Waals surface area (Å²) in [5, 5.41) is 8.73. The fourth-order valence-corrected chi connectivity index (χ4v) is 2.30. The molecule has 8 nitrogen and oxygen atoms in total. The Balaban J connectivity index is 1.63. The molecule has 2 unspecified atom stereocenters. The molecule has 0 saturated carbocycles. The van der Waals surface area contributed by atoms with Crippen LogP contribution in [0.15, 0.2) is 24.3 Å². The number of amides is 1. The van der Waals surface area contributed by atoms with Gasteiger partial charge in [0.2, 0.25) is 11.9 Å². The molecule has 3 rings (SSSR count). The van der Waals surface area contributed by atoms with E-state index in [0.29, 0.717) is 5.95 Å². The highest BCUT2D eigenvalue weighted by molar-refractivity contribution is 5.98. The fourth-order valence-electron chi connectivity index (χ4n) is 2.30. The molecule has 0 radical (unpaired) electrons. The monoisotopic (exact) mass is 303 g/mol. The topological polar surface area (TPSA) is 108 Å². The van der Waals surface area contributed by atoms with Gasteiger partial charge in [-0.3, -0.25) is 14.9 Å². The van der Waals surface area contributed by atoms with Crippen molar-refractivity contribution in [1.29, 1.82) is 0 Å². The Morgan fingerprint density at radius 3 is 3.00 bits per heavy atom. The first-order chi connectivity index (χ1) is 10.7. The molecular formula is C14H17N5O3. The number of nitrogens with one attached hydrogen (secondary N) is 4. The number of aromatic nitrogens is 2. The molecule has 1 aromatic heterocycles. The first kappa shape index (κ1) is 14.3. The van der Waals surface area contributed by atoms with E-state index < -0.39 is 18.2 Å². The summed E-state index contributed by atoms with van der Waals surface area (Å²) in [7, 11) is 0. The van der Waals surface area contributed by atoms with Crippen molar-refractivity contribution < 1.29 is 14.3 Å². The zero-order chi connectivity index (χ0) is 15.5. The molecule has 1 amide bonds. The van der Waals surface area contributed by atoms with Crippen LogP contribution >= 0.6 is 0 Å². The highest BCUT2D eigenvalue weighted by Gasteiger charge is 2.34. The van der Waals surface area contributed by atoms with Crippen molar-refractivity contribution in [3.8, 4) is 0 Å². The lowest BCUT2D eigenvalue weighted by atomic mass is 10.1. The molecular weight excluding hydrogens is 286 g/mol. The first-order valence-corrected chi connectivity index (χ1v) is 7.09. The SMILES string of the molecule is CCOC(=O)C1CNC(Nc2nc3ccccc3[nH]2)NC1=O. The fraction of sp³-hybridized carbons (Fsp3) is 0.357. The molecule has 1 aliphatic rings. The van der Waals surface area contributed by atoms with Gasteiger partial charge in [0.1, 0.15) is 5.92 Å². The van der Waals surface area contributed by atoms with Gasteiger partial charge in [-0.2, -0.15) is 0 Å². The summed E-state index contributed by atoms with van der Waals surface area (Å²) < 4.78 is 4.87. The molecule has 8 heteroatoms. The number of hydrogen-bond donors (Lipinski definition) is 4. The summed E-state index contributed by atoms with van der Waals surface area (Å²) in [5.41, 5.74) is 1.73. The van der Waals surface area contributed by atoms with Crippen molar-refractivity contribution in [2.45, 2.75) is 13.2 Å². The standard InChI is InChI=1S/C14H17N5O3/c1-2-22-12(21)8-7-15-13(18-11(8)20)19-14-16-9-5-3-4-6-10(9)17-14/h3-6,8,13,15H,2,7H2,1H3,(H,18,20)(H2,16,17,19). The molecule has 2 heterocycles. The van der Waals surface area contributed by atoms with Crippen LogP contribution in [0.5, 0.6) is 0 Å². The highest BCUT2D eigenvalue weighted by Crippen LogP contribution is 2.14. The molecule has 2 atom stereocenters. The van der Waals surface area contributed by atoms with Crippen LogP contribution in [0.2, 0.25) is 0 Å². The zero-order valence-corrected chi connectivity index (χ0v) is 12.1. The van der Waals surface area contributed by atoms with Crippen LogP contribution in [0.1, 0.15) is 6.92 Å². The maximum absolute atomic E-state index is 12.0. The number of esters is 1. The Hall–Kier alpha value is -2.61. The van der Waals surface area contributed by atoms with E-state index in [-0.39, 0.29) is 19.1 Å². The average Bonchev–Trinajstić information content (AvgIpc) is 2.89. The number of aromatic amines is 1. The number of para-hydroxylation sites is 2. The van der Waals surface area contributed by atoms with Crippen molar-refractivity contribution in [2.24, 2.45) is 5.92 Å². The largest absolute Gasteiger partial charge is 0.465 e. The number of benzene rings is 1. The summed E-state index contributed by atoms with van der Waals surface area (Å²) in [6.45, 7) is 2.17. The number of anilines is 1. The molecule has 0 spiro atoms. The molecule has 1 fully saturated rings. The van der Waals surface area contributed by atoms with Gasteiger partial charge in [0.05, 0.1) is 17.6 Å². The van der Waals surface area contributed by atoms with Gasteiger partial charge in [-0.05, 0) is 19.1 Å². The van der Waals surface area contributed by atoms with Gasteiger partial charge in [-0.25, -0.2) is 4.98 Å². The number of imidazole rings is 1. The minimum Gasteiger partial charge on any atom is -0.465 e. The van der Waals surface area contributed by atoms with E-state index in [2.05, 4.69) is 25.9 Å². The number of hydrogen-bond acceptors (Lipinski definition) is 6. The Morgan fingerprint density at radius 2 is 2.27 bits per heavy atom. The molecule has 1 saturated heterocycles. The molecule has 1 aromatic carbocycles. The van der Waals surface area contributed by atoms with Crippen LogP contribution in [0.4, 0.5) is 5.95 Å². The molecule has 4 N–H and O–H groups in total. The summed E-state index contributed by atoms with van der Waals surface area (Å²) in [6, 6.07) is 7.62. The van der Waals surface area contributed by atoms with E-state index in [4.69, 9.17) is 4.74 Å². The lowest BCUT2D eigenvalue weighted by molar-refractivity contribution is -0.153. The second-order valence-electron chi connectivity index (χ2n) is 4.90. The smallest absolute Gasteiger partial charge is 0.319 e. The Bertz CT molecular complexity index is 666. The maximum Gasteiger partial charge on any atom is 0.319 e. The van der Waals surface area contributed by atoms with Gasteiger partial charge in [0, 0.05) is 6.54 Å². The van der Waals surface area contributed by atoms with Gasteiger partial charge in [0.15, 0.2) is 6.29 Å². The summed E-state index contributed by atoms with van der Waals surface area (Å²) >= 11 is 0. The zero-order valence-electron chi connectivity index (χ0n) is 12.1. The minimum atomic E-state index is -0.825. The second-order valence-corrected chi connectivity index (χ2v) is 4.90. The van der Waals surface area contributed by atoms with Crippen molar-refractivity contribution in [2.75, 3.05) is 18.5 Å². The maximum atomic E-state index is 12.0. The molecule has 116 valence electrons. The number of fused-ring (bicyclic) bond motifs is 1. The molecule has 2 aromatic rings. The van der Waals surface area contributed by atoms with Gasteiger partial charge < -0.3 is 20.4 Å². The van der Waals surface area contributed by atoms with Crippen LogP contribution in [0, 0.1) is 5.92 Å². The van der Waals surface area contributed by atoms with Crippen molar-refractivity contribution in [3.63, 3.8) is 0 Å². The van der Waals surface area contributed by atoms with Crippen LogP contribution in [0.25, 0.3) is 11.0 Å². The number of carbonyl (C=O) groups is 2. The minimum absolute atomic E-state index is 0.211. The highest BCUT2D eigenvalue weighted by atomic mass is 16.5. The lowest BCUT2D eigenvalue weighted by Crippen LogP contribution is -2.61. The molecule has 22 heavy (non-hydrogen) atoms. The first-order valence-electron chi connectivity index (χ1n) is 7.09. The summed E-state index contributed by atoms with van der Waals surface area (Å²) in [4.78, 5) is 31.1. The number of nitrogens with zero attached hydrogens (tertiary/aromatic N) is 1. The van der Waals surface area contributed by atoms with E-state index in [1.807, 2.05) is 24.3 Å². The van der Waals surface area contributed by atoms with Crippen molar-refractivity contribution in [1.82, 2.24) is 20.6 Å². The Morgan fingerprint density at radius 1 is 1.45 bits per heavy atom. The number of rotatable bonds is 4. The van der Waals surface area contributed by atoms with Crippen molar-refractivity contribution >= 4 is 28.9 Å². The summed E-state index contributed by atoms with van der Waals surface area (Å²) in [5.74, 6) is -1.18. The second kappa shape index (κ2) is 6.02. The summed E-state index contributed by atoms with van der Waals surface area (Å²) in [6.07, 6.45) is -0.501. The van der Waals surface area contributed by atoms with Gasteiger partial charge >= 0.3 is 5.97 Å². The van der Waals surface area contributed by atoms with E-state index >= 15 is 0 Å². The van der Waals surface area contributed by atoms with Crippen LogP contribution in [-0.2, 0) is 14.3 Å². The molecule has 0 aliphatic carbocycles. The lowest BCUT2D eigenvalue weighted by Gasteiger charge is -2.29. The molecule has 0 bridgehead atoms. The Kier molecular flexibility index (Phi) is 3.92. The van der Waals surface area contributed by atoms with Crippen LogP contribution in [-0.4, -0.2) is 41.3 Å². The predicted octanol–water partition coefficient (Wildman–Crippen LogP) is 0.157.